The van der Waals surface area contributed by atoms with Crippen LogP contribution in [0.3, 0.4) is 0 Å². The Balaban J connectivity index is 3.23. The Labute approximate surface area is 87.1 Å². The molecular weight excluding hydrogens is 182 g/mol. The van der Waals surface area contributed by atoms with Gasteiger partial charge < -0.3 is 0 Å². The SMILES string of the molecule is CC(C)(C)CCCCCCC(C)(F)F. The second-order valence-electron chi connectivity index (χ2n) is 5.55. The summed E-state index contributed by atoms with van der Waals surface area (Å²) in [5, 5.41) is 0. The molecule has 0 saturated carbocycles. The molecule has 0 unspecified atom stereocenters. The highest BCUT2D eigenvalue weighted by Crippen LogP contribution is 2.24. The largest absolute Gasteiger partial charge is 0.245 e. The summed E-state index contributed by atoms with van der Waals surface area (Å²) in [7, 11) is 0. The molecule has 0 aromatic carbocycles. The minimum atomic E-state index is -2.47. The first-order valence-corrected chi connectivity index (χ1v) is 5.59. The van der Waals surface area contributed by atoms with E-state index in [1.807, 2.05) is 0 Å². The Bertz CT molecular complexity index is 121. The highest BCUT2D eigenvalue weighted by Gasteiger charge is 2.19. The van der Waals surface area contributed by atoms with Gasteiger partial charge >= 0.3 is 0 Å². The summed E-state index contributed by atoms with van der Waals surface area (Å²) >= 11 is 0. The Morgan fingerprint density at radius 2 is 1.14 bits per heavy atom. The van der Waals surface area contributed by atoms with E-state index in [9.17, 15) is 8.78 Å². The third-order valence-corrected chi connectivity index (χ3v) is 2.29. The van der Waals surface area contributed by atoms with Gasteiger partial charge in [0.2, 0.25) is 5.92 Å². The first kappa shape index (κ1) is 13.9. The summed E-state index contributed by atoms with van der Waals surface area (Å²) in [6, 6.07) is 0. The van der Waals surface area contributed by atoms with Crippen LogP contribution < -0.4 is 0 Å². The average Bonchev–Trinajstić information content (AvgIpc) is 1.92. The summed E-state index contributed by atoms with van der Waals surface area (Å²) in [6.45, 7) is 7.65. The van der Waals surface area contributed by atoms with Crippen molar-refractivity contribution in [1.29, 1.82) is 0 Å². The van der Waals surface area contributed by atoms with Crippen LogP contribution in [0.5, 0.6) is 0 Å². The molecule has 0 aliphatic heterocycles. The van der Waals surface area contributed by atoms with Gasteiger partial charge in [-0.25, -0.2) is 8.78 Å². The van der Waals surface area contributed by atoms with Gasteiger partial charge in [0.05, 0.1) is 0 Å². The molecule has 0 aliphatic carbocycles. The molecular formula is C12H24F2. The van der Waals surface area contributed by atoms with Crippen LogP contribution in [0.2, 0.25) is 0 Å². The fourth-order valence-electron chi connectivity index (χ4n) is 1.44. The van der Waals surface area contributed by atoms with Crippen LogP contribution in [0.15, 0.2) is 0 Å². The van der Waals surface area contributed by atoms with Gasteiger partial charge in [-0.05, 0) is 25.2 Å². The van der Waals surface area contributed by atoms with Crippen LogP contribution in [0.25, 0.3) is 0 Å². The highest BCUT2D eigenvalue weighted by atomic mass is 19.3. The van der Waals surface area contributed by atoms with Gasteiger partial charge in [0, 0.05) is 6.42 Å². The highest BCUT2D eigenvalue weighted by molar-refractivity contribution is 4.62. The van der Waals surface area contributed by atoms with Gasteiger partial charge in [-0.15, -0.1) is 0 Å². The predicted octanol–water partition coefficient (Wildman–Crippen LogP) is 5.03. The fraction of sp³-hybridized carbons (Fsp3) is 1.00. The Morgan fingerprint density at radius 3 is 1.50 bits per heavy atom. The Kier molecular flexibility index (Phi) is 5.61. The molecule has 0 bridgehead atoms. The molecule has 0 spiro atoms. The summed E-state index contributed by atoms with van der Waals surface area (Å²) in [5.41, 5.74) is 0.384. The lowest BCUT2D eigenvalue weighted by molar-refractivity contribution is 0.0103. The van der Waals surface area contributed by atoms with Crippen molar-refractivity contribution in [2.75, 3.05) is 0 Å². The minimum Gasteiger partial charge on any atom is -0.207 e. The van der Waals surface area contributed by atoms with Crippen molar-refractivity contribution in [2.45, 2.75) is 72.1 Å². The number of unbranched alkanes of at least 4 members (excludes halogenated alkanes) is 3. The number of rotatable bonds is 6. The molecule has 0 fully saturated rings. The predicted molar refractivity (Wildman–Crippen MR) is 57.8 cm³/mol. The zero-order valence-corrected chi connectivity index (χ0v) is 10.00. The Morgan fingerprint density at radius 1 is 0.714 bits per heavy atom. The van der Waals surface area contributed by atoms with Crippen LogP contribution in [0, 0.1) is 5.41 Å². The fourth-order valence-corrected chi connectivity index (χ4v) is 1.44. The lowest BCUT2D eigenvalue weighted by Crippen LogP contribution is -2.08. The van der Waals surface area contributed by atoms with Crippen molar-refractivity contribution in [3.8, 4) is 0 Å². The maximum atomic E-state index is 12.4. The van der Waals surface area contributed by atoms with E-state index in [0.717, 1.165) is 19.8 Å². The van der Waals surface area contributed by atoms with Crippen molar-refractivity contribution in [1.82, 2.24) is 0 Å². The van der Waals surface area contributed by atoms with Gasteiger partial charge in [-0.2, -0.15) is 0 Å². The number of alkyl halides is 2. The molecule has 0 N–H and O–H groups in total. The van der Waals surface area contributed by atoms with Gasteiger partial charge in [-0.3, -0.25) is 0 Å². The molecule has 0 aromatic heterocycles. The molecule has 0 aromatic rings. The van der Waals surface area contributed by atoms with Gasteiger partial charge in [0.15, 0.2) is 0 Å². The van der Waals surface area contributed by atoms with E-state index in [4.69, 9.17) is 0 Å². The van der Waals surface area contributed by atoms with Gasteiger partial charge in [0.25, 0.3) is 0 Å². The number of hydrogen-bond donors (Lipinski definition) is 0. The molecule has 0 heterocycles. The van der Waals surface area contributed by atoms with Crippen molar-refractivity contribution in [3.63, 3.8) is 0 Å². The van der Waals surface area contributed by atoms with E-state index in [-0.39, 0.29) is 6.42 Å². The van der Waals surface area contributed by atoms with E-state index >= 15 is 0 Å². The van der Waals surface area contributed by atoms with E-state index in [0.29, 0.717) is 11.8 Å². The summed E-state index contributed by atoms with van der Waals surface area (Å²) in [5.74, 6) is -2.47. The third-order valence-electron chi connectivity index (χ3n) is 2.29. The second kappa shape index (κ2) is 5.67. The zero-order valence-electron chi connectivity index (χ0n) is 10.00. The quantitative estimate of drug-likeness (QED) is 0.535. The normalized spacial score (nSPS) is 13.3. The van der Waals surface area contributed by atoms with Gasteiger partial charge in [-0.1, -0.05) is 40.0 Å². The third kappa shape index (κ3) is 11.9. The molecule has 14 heavy (non-hydrogen) atoms. The average molecular weight is 206 g/mol. The van der Waals surface area contributed by atoms with Gasteiger partial charge in [0.1, 0.15) is 0 Å². The van der Waals surface area contributed by atoms with Crippen molar-refractivity contribution < 1.29 is 8.78 Å². The van der Waals surface area contributed by atoms with Crippen LogP contribution in [-0.2, 0) is 0 Å². The van der Waals surface area contributed by atoms with Crippen LogP contribution in [0.4, 0.5) is 8.78 Å². The number of hydrogen-bond acceptors (Lipinski definition) is 0. The standard InChI is InChI=1S/C12H24F2/c1-11(2,3)9-7-5-6-8-10-12(4,13)14/h5-10H2,1-4H3. The van der Waals surface area contributed by atoms with Crippen molar-refractivity contribution in [3.05, 3.63) is 0 Å². The van der Waals surface area contributed by atoms with E-state index < -0.39 is 5.92 Å². The second-order valence-corrected chi connectivity index (χ2v) is 5.55. The molecule has 0 aliphatic rings. The van der Waals surface area contributed by atoms with Crippen molar-refractivity contribution >= 4 is 0 Å². The molecule has 86 valence electrons. The van der Waals surface area contributed by atoms with Crippen LogP contribution >= 0.6 is 0 Å². The van der Waals surface area contributed by atoms with Crippen LogP contribution in [0.1, 0.15) is 66.2 Å². The summed E-state index contributed by atoms with van der Waals surface area (Å²) in [6.07, 6.45) is 5.09. The van der Waals surface area contributed by atoms with E-state index in [1.54, 1.807) is 0 Å². The molecule has 2 heteroatoms. The molecule has 0 rings (SSSR count). The first-order chi connectivity index (χ1) is 6.21. The minimum absolute atomic E-state index is 0.0442. The topological polar surface area (TPSA) is 0 Å². The van der Waals surface area contributed by atoms with E-state index in [1.165, 1.54) is 12.8 Å². The van der Waals surface area contributed by atoms with Crippen LogP contribution in [-0.4, -0.2) is 5.92 Å². The zero-order chi connectivity index (χ0) is 11.2. The Hall–Kier alpha value is -0.140. The maximum Gasteiger partial charge on any atom is 0.245 e. The number of halogens is 2. The molecule has 0 atom stereocenters. The van der Waals surface area contributed by atoms with E-state index in [2.05, 4.69) is 20.8 Å². The first-order valence-electron chi connectivity index (χ1n) is 5.59. The lowest BCUT2D eigenvalue weighted by Gasteiger charge is -2.17. The van der Waals surface area contributed by atoms with Crippen molar-refractivity contribution in [2.24, 2.45) is 5.41 Å². The maximum absolute atomic E-state index is 12.4. The summed E-state index contributed by atoms with van der Waals surface area (Å²) < 4.78 is 24.8. The smallest absolute Gasteiger partial charge is 0.207 e. The summed E-state index contributed by atoms with van der Waals surface area (Å²) in [4.78, 5) is 0. The molecule has 0 nitrogen and oxygen atoms in total. The lowest BCUT2D eigenvalue weighted by atomic mass is 9.89. The molecule has 0 saturated heterocycles. The monoisotopic (exact) mass is 206 g/mol. The molecule has 0 amide bonds. The molecule has 0 radical (unpaired) electrons.